The number of rotatable bonds is 2. The summed E-state index contributed by atoms with van der Waals surface area (Å²) in [6, 6.07) is 6.42. The second-order valence-corrected chi connectivity index (χ2v) is 4.89. The molecular weight excluding hydrogens is 310 g/mol. The van der Waals surface area contributed by atoms with Crippen molar-refractivity contribution >= 4 is 34.8 Å². The molecule has 0 saturated carbocycles. The van der Waals surface area contributed by atoms with E-state index in [1.807, 2.05) is 6.07 Å². The average Bonchev–Trinajstić information content (AvgIpc) is 2.38. The molecule has 19 heavy (non-hydrogen) atoms. The summed E-state index contributed by atoms with van der Waals surface area (Å²) in [5.74, 6) is -0.648. The van der Waals surface area contributed by atoms with Crippen LogP contribution < -0.4 is 0 Å². The number of hydrogen-bond acceptors (Lipinski definition) is 2. The SMILES string of the molecule is N#CCc1cc(F)ncc1-c1ccc(Cl)c(Cl)c1Cl. The molecule has 0 fully saturated rings. The summed E-state index contributed by atoms with van der Waals surface area (Å²) in [5, 5.41) is 9.57. The monoisotopic (exact) mass is 314 g/mol. The van der Waals surface area contributed by atoms with Gasteiger partial charge in [-0.3, -0.25) is 0 Å². The molecule has 0 unspecified atom stereocenters. The Balaban J connectivity index is 2.66. The van der Waals surface area contributed by atoms with E-state index in [9.17, 15) is 4.39 Å². The Morgan fingerprint density at radius 3 is 2.58 bits per heavy atom. The van der Waals surface area contributed by atoms with E-state index in [2.05, 4.69) is 4.98 Å². The molecule has 0 aliphatic heterocycles. The largest absolute Gasteiger partial charge is 0.228 e. The fourth-order valence-electron chi connectivity index (χ4n) is 1.68. The third kappa shape index (κ3) is 2.82. The molecule has 0 N–H and O–H groups in total. The zero-order valence-corrected chi connectivity index (χ0v) is 11.7. The van der Waals surface area contributed by atoms with Gasteiger partial charge in [0, 0.05) is 17.3 Å². The summed E-state index contributed by atoms with van der Waals surface area (Å²) in [7, 11) is 0. The lowest BCUT2D eigenvalue weighted by atomic mass is 10.0. The van der Waals surface area contributed by atoms with Crippen LogP contribution in [-0.2, 0) is 6.42 Å². The Morgan fingerprint density at radius 2 is 1.89 bits per heavy atom. The predicted molar refractivity (Wildman–Crippen MR) is 74.0 cm³/mol. The second-order valence-electron chi connectivity index (χ2n) is 3.72. The number of nitrogens with zero attached hydrogens (tertiary/aromatic N) is 2. The molecule has 0 atom stereocenters. The van der Waals surface area contributed by atoms with Gasteiger partial charge >= 0.3 is 0 Å². The van der Waals surface area contributed by atoms with Crippen LogP contribution >= 0.6 is 34.8 Å². The lowest BCUT2D eigenvalue weighted by molar-refractivity contribution is 0.582. The minimum atomic E-state index is -0.648. The van der Waals surface area contributed by atoms with Crippen LogP contribution in [0.1, 0.15) is 5.56 Å². The molecule has 0 amide bonds. The summed E-state index contributed by atoms with van der Waals surface area (Å²) in [6.45, 7) is 0. The molecule has 0 spiro atoms. The number of hydrogen-bond donors (Lipinski definition) is 0. The number of aromatic nitrogens is 1. The summed E-state index contributed by atoms with van der Waals surface area (Å²) < 4.78 is 13.1. The molecule has 6 heteroatoms. The van der Waals surface area contributed by atoms with Crippen LogP contribution in [0.2, 0.25) is 15.1 Å². The zero-order chi connectivity index (χ0) is 14.0. The van der Waals surface area contributed by atoms with E-state index in [4.69, 9.17) is 40.1 Å². The van der Waals surface area contributed by atoms with E-state index in [1.54, 1.807) is 12.1 Å². The van der Waals surface area contributed by atoms with Crippen molar-refractivity contribution in [3.8, 4) is 17.2 Å². The minimum Gasteiger partial charge on any atom is -0.228 e. The highest BCUT2D eigenvalue weighted by Crippen LogP contribution is 2.39. The fraction of sp³-hybridized carbons (Fsp3) is 0.0769. The summed E-state index contributed by atoms with van der Waals surface area (Å²) in [4.78, 5) is 3.58. The summed E-state index contributed by atoms with van der Waals surface area (Å²) in [5.41, 5.74) is 1.62. The Labute approximate surface area is 124 Å². The predicted octanol–water partition coefficient (Wildman–Crippen LogP) is 4.91. The first kappa shape index (κ1) is 14.1. The molecular formula is C13H6Cl3FN2. The molecule has 0 bridgehead atoms. The highest BCUT2D eigenvalue weighted by molar-refractivity contribution is 6.49. The smallest absolute Gasteiger partial charge is 0.213 e. The topological polar surface area (TPSA) is 36.7 Å². The lowest BCUT2D eigenvalue weighted by Crippen LogP contribution is -1.94. The van der Waals surface area contributed by atoms with Gasteiger partial charge < -0.3 is 0 Å². The maximum absolute atomic E-state index is 13.1. The molecule has 2 nitrogen and oxygen atoms in total. The van der Waals surface area contributed by atoms with Gasteiger partial charge in [-0.1, -0.05) is 40.9 Å². The van der Waals surface area contributed by atoms with Crippen molar-refractivity contribution in [3.05, 3.63) is 51.0 Å². The molecule has 1 aromatic carbocycles. The van der Waals surface area contributed by atoms with E-state index in [0.717, 1.165) is 0 Å². The third-order valence-electron chi connectivity index (χ3n) is 2.55. The Kier molecular flexibility index (Phi) is 4.26. The quantitative estimate of drug-likeness (QED) is 0.583. The first-order chi connectivity index (χ1) is 9.04. The van der Waals surface area contributed by atoms with Crippen molar-refractivity contribution < 1.29 is 4.39 Å². The van der Waals surface area contributed by atoms with Gasteiger partial charge in [0.25, 0.3) is 0 Å². The number of benzene rings is 1. The van der Waals surface area contributed by atoms with Crippen molar-refractivity contribution in [2.45, 2.75) is 6.42 Å². The van der Waals surface area contributed by atoms with Crippen LogP contribution in [0, 0.1) is 17.3 Å². The highest BCUT2D eigenvalue weighted by atomic mass is 35.5. The Bertz CT molecular complexity index is 680. The van der Waals surface area contributed by atoms with Gasteiger partial charge in [-0.2, -0.15) is 9.65 Å². The normalized spacial score (nSPS) is 10.3. The molecule has 0 aliphatic rings. The first-order valence-corrected chi connectivity index (χ1v) is 6.33. The standard InChI is InChI=1S/C13H6Cl3FN2/c14-10-2-1-8(12(15)13(10)16)9-6-19-11(17)5-7(9)3-4-18/h1-2,5-6H,3H2. The van der Waals surface area contributed by atoms with E-state index in [0.29, 0.717) is 21.7 Å². The van der Waals surface area contributed by atoms with Crippen molar-refractivity contribution in [1.29, 1.82) is 5.26 Å². The van der Waals surface area contributed by atoms with E-state index in [-0.39, 0.29) is 16.5 Å². The molecule has 0 saturated heterocycles. The van der Waals surface area contributed by atoms with Crippen molar-refractivity contribution in [1.82, 2.24) is 4.98 Å². The summed E-state index contributed by atoms with van der Waals surface area (Å²) in [6.07, 6.45) is 1.37. The molecule has 2 rings (SSSR count). The van der Waals surface area contributed by atoms with Crippen LogP contribution in [0.25, 0.3) is 11.1 Å². The molecule has 1 heterocycles. The molecule has 2 aromatic rings. The highest BCUT2D eigenvalue weighted by Gasteiger charge is 2.14. The van der Waals surface area contributed by atoms with E-state index < -0.39 is 5.95 Å². The van der Waals surface area contributed by atoms with E-state index in [1.165, 1.54) is 12.3 Å². The van der Waals surface area contributed by atoms with Crippen LogP contribution in [0.15, 0.2) is 24.4 Å². The third-order valence-corrected chi connectivity index (χ3v) is 3.84. The summed E-state index contributed by atoms with van der Waals surface area (Å²) >= 11 is 17.9. The molecule has 0 aliphatic carbocycles. The maximum atomic E-state index is 13.1. The van der Waals surface area contributed by atoms with Crippen molar-refractivity contribution in [3.63, 3.8) is 0 Å². The molecule has 0 radical (unpaired) electrons. The van der Waals surface area contributed by atoms with Crippen LogP contribution in [-0.4, -0.2) is 4.98 Å². The second kappa shape index (κ2) is 5.75. The van der Waals surface area contributed by atoms with Crippen molar-refractivity contribution in [2.75, 3.05) is 0 Å². The zero-order valence-electron chi connectivity index (χ0n) is 9.42. The van der Waals surface area contributed by atoms with Gasteiger partial charge in [0.15, 0.2) is 0 Å². The number of halogens is 4. The lowest BCUT2D eigenvalue weighted by Gasteiger charge is -2.10. The van der Waals surface area contributed by atoms with Crippen LogP contribution in [0.5, 0.6) is 0 Å². The van der Waals surface area contributed by atoms with Crippen LogP contribution in [0.3, 0.4) is 0 Å². The Morgan fingerprint density at radius 1 is 1.16 bits per heavy atom. The molecule has 1 aromatic heterocycles. The number of pyridine rings is 1. The van der Waals surface area contributed by atoms with Gasteiger partial charge in [0.1, 0.15) is 0 Å². The van der Waals surface area contributed by atoms with Gasteiger partial charge in [-0.15, -0.1) is 0 Å². The van der Waals surface area contributed by atoms with Crippen molar-refractivity contribution in [2.24, 2.45) is 0 Å². The first-order valence-electron chi connectivity index (χ1n) is 5.20. The van der Waals surface area contributed by atoms with Gasteiger partial charge in [0.2, 0.25) is 5.95 Å². The van der Waals surface area contributed by atoms with Crippen LogP contribution in [0.4, 0.5) is 4.39 Å². The minimum absolute atomic E-state index is 0.0470. The fourth-order valence-corrected chi connectivity index (χ4v) is 2.31. The number of nitriles is 1. The Hall–Kier alpha value is -1.34. The van der Waals surface area contributed by atoms with Gasteiger partial charge in [0.05, 0.1) is 27.6 Å². The van der Waals surface area contributed by atoms with Gasteiger partial charge in [-0.25, -0.2) is 4.98 Å². The molecule has 96 valence electrons. The maximum Gasteiger partial charge on any atom is 0.213 e. The van der Waals surface area contributed by atoms with Gasteiger partial charge in [-0.05, 0) is 17.7 Å². The average molecular weight is 316 g/mol. The van der Waals surface area contributed by atoms with E-state index >= 15 is 0 Å².